The Kier molecular flexibility index (Phi) is 7.71. The van der Waals surface area contributed by atoms with E-state index in [4.69, 9.17) is 4.74 Å². The van der Waals surface area contributed by atoms with E-state index in [2.05, 4.69) is 41.7 Å². The molecule has 0 spiro atoms. The maximum atomic E-state index is 11.1. The van der Waals surface area contributed by atoms with Gasteiger partial charge in [-0.25, -0.2) is 0 Å². The number of carbonyl (C=O) groups is 1. The summed E-state index contributed by atoms with van der Waals surface area (Å²) in [5, 5.41) is 9.34. The van der Waals surface area contributed by atoms with E-state index in [-0.39, 0.29) is 17.4 Å². The fourth-order valence-corrected chi connectivity index (χ4v) is 2.30. The molecule has 24 heavy (non-hydrogen) atoms. The standard InChI is InChI=1S/C18H30N4O2/c1-13(23)22-15-9-7-8-14(10-15)11-20-17(19-5)21-12-16(24-6)18(2,3)4/h7-10,16H,11-12H2,1-6H3,(H,22,23)(H2,19,20,21). The Labute approximate surface area is 145 Å². The van der Waals surface area contributed by atoms with Gasteiger partial charge in [-0.3, -0.25) is 9.79 Å². The lowest BCUT2D eigenvalue weighted by atomic mass is 9.89. The van der Waals surface area contributed by atoms with Crippen LogP contribution in [0.4, 0.5) is 5.69 Å². The van der Waals surface area contributed by atoms with E-state index >= 15 is 0 Å². The molecule has 6 heteroatoms. The molecule has 134 valence electrons. The number of methoxy groups -OCH3 is 1. The molecule has 0 heterocycles. The normalized spacial score (nSPS) is 13.3. The van der Waals surface area contributed by atoms with Crippen molar-refractivity contribution in [2.75, 3.05) is 26.0 Å². The first-order valence-corrected chi connectivity index (χ1v) is 8.10. The highest BCUT2D eigenvalue weighted by Gasteiger charge is 2.24. The molecule has 1 aromatic rings. The Morgan fingerprint density at radius 3 is 2.54 bits per heavy atom. The second-order valence-corrected chi connectivity index (χ2v) is 6.78. The van der Waals surface area contributed by atoms with Crippen LogP contribution >= 0.6 is 0 Å². The number of aliphatic imine (C=N–C) groups is 1. The van der Waals surface area contributed by atoms with Gasteiger partial charge in [-0.15, -0.1) is 0 Å². The summed E-state index contributed by atoms with van der Waals surface area (Å²) in [6.45, 7) is 9.22. The molecule has 1 rings (SSSR count). The van der Waals surface area contributed by atoms with Gasteiger partial charge >= 0.3 is 0 Å². The Morgan fingerprint density at radius 1 is 1.29 bits per heavy atom. The molecule has 1 amide bonds. The van der Waals surface area contributed by atoms with E-state index in [1.807, 2.05) is 24.3 Å². The molecule has 0 radical (unpaired) electrons. The summed E-state index contributed by atoms with van der Waals surface area (Å²) in [5.74, 6) is 0.636. The van der Waals surface area contributed by atoms with Crippen molar-refractivity contribution in [3.05, 3.63) is 29.8 Å². The van der Waals surface area contributed by atoms with Gasteiger partial charge in [0.2, 0.25) is 5.91 Å². The molecule has 0 aliphatic heterocycles. The molecular weight excluding hydrogens is 304 g/mol. The maximum absolute atomic E-state index is 11.1. The van der Waals surface area contributed by atoms with Gasteiger partial charge in [-0.05, 0) is 23.1 Å². The Bertz CT molecular complexity index is 564. The lowest BCUT2D eigenvalue weighted by Gasteiger charge is -2.30. The van der Waals surface area contributed by atoms with E-state index in [1.54, 1.807) is 14.2 Å². The Balaban J connectivity index is 2.57. The fourth-order valence-electron chi connectivity index (χ4n) is 2.30. The van der Waals surface area contributed by atoms with Gasteiger partial charge in [0.1, 0.15) is 0 Å². The monoisotopic (exact) mass is 334 g/mol. The first kappa shape index (κ1) is 20.0. The molecule has 1 atom stereocenters. The minimum Gasteiger partial charge on any atom is -0.379 e. The predicted molar refractivity (Wildman–Crippen MR) is 99.2 cm³/mol. The minimum atomic E-state index is -0.0784. The van der Waals surface area contributed by atoms with Crippen molar-refractivity contribution in [2.45, 2.75) is 40.3 Å². The molecule has 0 aliphatic carbocycles. The lowest BCUT2D eigenvalue weighted by Crippen LogP contribution is -2.45. The highest BCUT2D eigenvalue weighted by Crippen LogP contribution is 2.20. The van der Waals surface area contributed by atoms with Gasteiger partial charge in [0, 0.05) is 39.9 Å². The van der Waals surface area contributed by atoms with Crippen molar-refractivity contribution >= 4 is 17.6 Å². The van der Waals surface area contributed by atoms with Crippen molar-refractivity contribution < 1.29 is 9.53 Å². The summed E-state index contributed by atoms with van der Waals surface area (Å²) in [4.78, 5) is 15.4. The molecular formula is C18H30N4O2. The van der Waals surface area contributed by atoms with Gasteiger partial charge in [0.25, 0.3) is 0 Å². The average Bonchev–Trinajstić information content (AvgIpc) is 2.49. The number of amides is 1. The Morgan fingerprint density at radius 2 is 2.00 bits per heavy atom. The van der Waals surface area contributed by atoms with Gasteiger partial charge in [-0.2, -0.15) is 0 Å². The van der Waals surface area contributed by atoms with Crippen LogP contribution in [0.3, 0.4) is 0 Å². The van der Waals surface area contributed by atoms with Crippen LogP contribution in [0.15, 0.2) is 29.3 Å². The number of benzene rings is 1. The highest BCUT2D eigenvalue weighted by molar-refractivity contribution is 5.88. The number of hydrogen-bond donors (Lipinski definition) is 3. The number of carbonyl (C=O) groups excluding carboxylic acids is 1. The van der Waals surface area contributed by atoms with Crippen LogP contribution in [-0.4, -0.2) is 38.7 Å². The number of anilines is 1. The second-order valence-electron chi connectivity index (χ2n) is 6.78. The summed E-state index contributed by atoms with van der Waals surface area (Å²) >= 11 is 0. The summed E-state index contributed by atoms with van der Waals surface area (Å²) in [6.07, 6.45) is 0.0825. The SMILES string of the molecule is CN=C(NCc1cccc(NC(C)=O)c1)NCC(OC)C(C)(C)C. The number of ether oxygens (including phenoxy) is 1. The number of guanidine groups is 1. The smallest absolute Gasteiger partial charge is 0.221 e. The summed E-state index contributed by atoms with van der Waals surface area (Å²) in [6, 6.07) is 7.72. The third-order valence-corrected chi connectivity index (χ3v) is 3.64. The van der Waals surface area contributed by atoms with E-state index in [1.165, 1.54) is 6.92 Å². The van der Waals surface area contributed by atoms with E-state index in [0.717, 1.165) is 11.3 Å². The first-order chi connectivity index (χ1) is 11.3. The van der Waals surface area contributed by atoms with Gasteiger partial charge < -0.3 is 20.7 Å². The van der Waals surface area contributed by atoms with Crippen LogP contribution in [0.2, 0.25) is 0 Å². The van der Waals surface area contributed by atoms with Crippen molar-refractivity contribution in [1.29, 1.82) is 0 Å². The van der Waals surface area contributed by atoms with Crippen molar-refractivity contribution in [2.24, 2.45) is 10.4 Å². The maximum Gasteiger partial charge on any atom is 0.221 e. The molecule has 0 saturated carbocycles. The molecule has 0 aromatic heterocycles. The first-order valence-electron chi connectivity index (χ1n) is 8.10. The number of rotatable bonds is 6. The van der Waals surface area contributed by atoms with Crippen LogP contribution in [-0.2, 0) is 16.1 Å². The second kappa shape index (κ2) is 9.27. The minimum absolute atomic E-state index is 0.0489. The quantitative estimate of drug-likeness (QED) is 0.551. The van der Waals surface area contributed by atoms with Crippen molar-refractivity contribution in [3.8, 4) is 0 Å². The third kappa shape index (κ3) is 7.00. The van der Waals surface area contributed by atoms with E-state index < -0.39 is 0 Å². The Hall–Kier alpha value is -2.08. The zero-order valence-electron chi connectivity index (χ0n) is 15.6. The van der Waals surface area contributed by atoms with Crippen molar-refractivity contribution in [1.82, 2.24) is 10.6 Å². The third-order valence-electron chi connectivity index (χ3n) is 3.64. The van der Waals surface area contributed by atoms with Crippen LogP contribution < -0.4 is 16.0 Å². The fraction of sp³-hybridized carbons (Fsp3) is 0.556. The summed E-state index contributed by atoms with van der Waals surface area (Å²) in [7, 11) is 3.46. The molecule has 3 N–H and O–H groups in total. The topological polar surface area (TPSA) is 74.8 Å². The lowest BCUT2D eigenvalue weighted by molar-refractivity contribution is -0.114. The molecule has 0 saturated heterocycles. The van der Waals surface area contributed by atoms with Gasteiger partial charge in [0.05, 0.1) is 6.10 Å². The molecule has 1 unspecified atom stereocenters. The molecule has 0 fully saturated rings. The number of nitrogens with one attached hydrogen (secondary N) is 3. The van der Waals surface area contributed by atoms with Crippen LogP contribution in [0.25, 0.3) is 0 Å². The van der Waals surface area contributed by atoms with Gasteiger partial charge in [0.15, 0.2) is 5.96 Å². The number of nitrogens with zero attached hydrogens (tertiary/aromatic N) is 1. The largest absolute Gasteiger partial charge is 0.379 e. The summed E-state index contributed by atoms with van der Waals surface area (Å²) < 4.78 is 5.54. The van der Waals surface area contributed by atoms with Crippen molar-refractivity contribution in [3.63, 3.8) is 0 Å². The molecule has 0 bridgehead atoms. The molecule has 0 aliphatic rings. The predicted octanol–water partition coefficient (Wildman–Crippen LogP) is 2.37. The average molecular weight is 334 g/mol. The van der Waals surface area contributed by atoms with E-state index in [0.29, 0.717) is 19.0 Å². The molecule has 1 aromatic carbocycles. The zero-order chi connectivity index (χ0) is 18.2. The van der Waals surface area contributed by atoms with E-state index in [9.17, 15) is 4.79 Å². The number of hydrogen-bond acceptors (Lipinski definition) is 3. The van der Waals surface area contributed by atoms with Crippen LogP contribution in [0, 0.1) is 5.41 Å². The highest BCUT2D eigenvalue weighted by atomic mass is 16.5. The molecule has 6 nitrogen and oxygen atoms in total. The van der Waals surface area contributed by atoms with Gasteiger partial charge in [-0.1, -0.05) is 32.9 Å². The van der Waals surface area contributed by atoms with Crippen LogP contribution in [0.1, 0.15) is 33.3 Å². The zero-order valence-corrected chi connectivity index (χ0v) is 15.6. The van der Waals surface area contributed by atoms with Crippen LogP contribution in [0.5, 0.6) is 0 Å². The summed E-state index contributed by atoms with van der Waals surface area (Å²) in [5.41, 5.74) is 1.90.